The van der Waals surface area contributed by atoms with Gasteiger partial charge in [-0.2, -0.15) is 0 Å². The van der Waals surface area contributed by atoms with E-state index in [1.165, 1.54) is 11.1 Å². The smallest absolute Gasteiger partial charge is 0.238 e. The normalized spacial score (nSPS) is 12.0. The van der Waals surface area contributed by atoms with Crippen LogP contribution in [0, 0.1) is 13.8 Å². The van der Waals surface area contributed by atoms with E-state index < -0.39 is 0 Å². The van der Waals surface area contributed by atoms with Gasteiger partial charge in [-0.1, -0.05) is 41.9 Å². The molecule has 2 rings (SSSR count). The minimum absolute atomic E-state index is 0.0780. The van der Waals surface area contributed by atoms with Gasteiger partial charge in [0.2, 0.25) is 5.91 Å². The Morgan fingerprint density at radius 3 is 2.59 bits per heavy atom. The maximum absolute atomic E-state index is 12.1. The van der Waals surface area contributed by atoms with E-state index in [2.05, 4.69) is 36.6 Å². The highest BCUT2D eigenvalue weighted by Gasteiger charge is 2.11. The Bertz CT molecular complexity index is 670. The van der Waals surface area contributed by atoms with Gasteiger partial charge in [-0.15, -0.1) is 0 Å². The fourth-order valence-corrected chi connectivity index (χ4v) is 2.54. The first-order valence-corrected chi connectivity index (χ1v) is 7.70. The highest BCUT2D eigenvalue weighted by molar-refractivity contribution is 6.31. The molecule has 0 spiro atoms. The minimum Gasteiger partial charge on any atom is -0.325 e. The predicted molar refractivity (Wildman–Crippen MR) is 92.4 cm³/mol. The number of nitrogens with one attached hydrogen (secondary N) is 2. The topological polar surface area (TPSA) is 41.1 Å². The molecule has 1 atom stereocenters. The third-order valence-electron chi connectivity index (χ3n) is 3.77. The number of halogens is 1. The van der Waals surface area contributed by atoms with Crippen LogP contribution in [0.15, 0.2) is 42.5 Å². The molecule has 0 heterocycles. The van der Waals surface area contributed by atoms with E-state index in [1.807, 2.05) is 37.3 Å². The van der Waals surface area contributed by atoms with Crippen molar-refractivity contribution < 1.29 is 4.79 Å². The lowest BCUT2D eigenvalue weighted by Gasteiger charge is -2.17. The molecule has 2 aromatic rings. The van der Waals surface area contributed by atoms with Crippen LogP contribution in [0.3, 0.4) is 0 Å². The van der Waals surface area contributed by atoms with Gasteiger partial charge < -0.3 is 10.6 Å². The number of amides is 1. The van der Waals surface area contributed by atoms with Gasteiger partial charge in [0.25, 0.3) is 0 Å². The van der Waals surface area contributed by atoms with Crippen molar-refractivity contribution in [3.8, 4) is 0 Å². The van der Waals surface area contributed by atoms with Crippen LogP contribution in [0.25, 0.3) is 0 Å². The molecule has 0 aliphatic heterocycles. The molecule has 2 aromatic carbocycles. The lowest BCUT2D eigenvalue weighted by atomic mass is 10.0. The second-order valence-electron chi connectivity index (χ2n) is 5.42. The van der Waals surface area contributed by atoms with Crippen LogP contribution in [0.2, 0.25) is 5.02 Å². The number of carbonyl (C=O) groups excluding carboxylic acids is 1. The molecular formula is C18H21ClN2O. The van der Waals surface area contributed by atoms with Crippen LogP contribution in [0.5, 0.6) is 0 Å². The summed E-state index contributed by atoms with van der Waals surface area (Å²) in [6.45, 7) is 6.27. The van der Waals surface area contributed by atoms with Crippen LogP contribution in [0.4, 0.5) is 5.69 Å². The summed E-state index contributed by atoms with van der Waals surface area (Å²) in [4.78, 5) is 12.1. The Kier molecular flexibility index (Phi) is 5.58. The summed E-state index contributed by atoms with van der Waals surface area (Å²) in [7, 11) is 0. The Morgan fingerprint density at radius 2 is 1.86 bits per heavy atom. The molecule has 0 radical (unpaired) electrons. The quantitative estimate of drug-likeness (QED) is 0.866. The number of hydrogen-bond donors (Lipinski definition) is 2. The Labute approximate surface area is 136 Å². The van der Waals surface area contributed by atoms with Gasteiger partial charge in [-0.3, -0.25) is 4.79 Å². The Hall–Kier alpha value is -1.84. The summed E-state index contributed by atoms with van der Waals surface area (Å²) in [6, 6.07) is 13.8. The van der Waals surface area contributed by atoms with Gasteiger partial charge in [-0.25, -0.2) is 0 Å². The molecule has 0 saturated heterocycles. The zero-order valence-corrected chi connectivity index (χ0v) is 13.9. The van der Waals surface area contributed by atoms with Crippen LogP contribution in [0.1, 0.15) is 29.7 Å². The number of anilines is 1. The molecule has 22 heavy (non-hydrogen) atoms. The summed E-state index contributed by atoms with van der Waals surface area (Å²) >= 11 is 6.06. The average Bonchev–Trinajstić information content (AvgIpc) is 2.50. The number of carbonyl (C=O) groups is 1. The lowest BCUT2D eigenvalue weighted by molar-refractivity contribution is -0.115. The van der Waals surface area contributed by atoms with Crippen molar-refractivity contribution in [3.05, 3.63) is 64.2 Å². The Balaban J connectivity index is 1.93. The van der Waals surface area contributed by atoms with Crippen molar-refractivity contribution in [2.45, 2.75) is 26.8 Å². The molecule has 2 N–H and O–H groups in total. The van der Waals surface area contributed by atoms with E-state index in [9.17, 15) is 4.79 Å². The SMILES string of the molecule is Cc1ccccc1C(C)NCC(=O)Nc1cccc(Cl)c1C. The van der Waals surface area contributed by atoms with Crippen molar-refractivity contribution in [2.75, 3.05) is 11.9 Å². The van der Waals surface area contributed by atoms with Crippen LogP contribution < -0.4 is 10.6 Å². The predicted octanol–water partition coefficient (Wildman–Crippen LogP) is 4.25. The number of aryl methyl sites for hydroxylation is 1. The van der Waals surface area contributed by atoms with E-state index in [1.54, 1.807) is 0 Å². The minimum atomic E-state index is -0.0780. The van der Waals surface area contributed by atoms with Gasteiger partial charge >= 0.3 is 0 Å². The second kappa shape index (κ2) is 7.43. The molecule has 4 heteroatoms. The Morgan fingerprint density at radius 1 is 1.14 bits per heavy atom. The first-order valence-electron chi connectivity index (χ1n) is 7.33. The van der Waals surface area contributed by atoms with Gasteiger partial charge in [-0.05, 0) is 49.6 Å². The number of hydrogen-bond acceptors (Lipinski definition) is 2. The average molecular weight is 317 g/mol. The van der Waals surface area contributed by atoms with Crippen molar-refractivity contribution in [2.24, 2.45) is 0 Å². The third-order valence-corrected chi connectivity index (χ3v) is 4.18. The summed E-state index contributed by atoms with van der Waals surface area (Å²) < 4.78 is 0. The molecule has 1 amide bonds. The molecule has 3 nitrogen and oxygen atoms in total. The van der Waals surface area contributed by atoms with E-state index in [-0.39, 0.29) is 18.5 Å². The highest BCUT2D eigenvalue weighted by Crippen LogP contribution is 2.22. The molecule has 0 aliphatic carbocycles. The lowest BCUT2D eigenvalue weighted by Crippen LogP contribution is -2.30. The van der Waals surface area contributed by atoms with Gasteiger partial charge in [0, 0.05) is 16.8 Å². The molecule has 0 aliphatic rings. The van der Waals surface area contributed by atoms with Crippen molar-refractivity contribution >= 4 is 23.2 Å². The zero-order chi connectivity index (χ0) is 16.1. The third kappa shape index (κ3) is 4.09. The van der Waals surface area contributed by atoms with Crippen LogP contribution in [-0.2, 0) is 4.79 Å². The summed E-state index contributed by atoms with van der Waals surface area (Å²) in [5.41, 5.74) is 4.05. The first kappa shape index (κ1) is 16.5. The van der Waals surface area contributed by atoms with Crippen LogP contribution in [-0.4, -0.2) is 12.5 Å². The summed E-state index contributed by atoms with van der Waals surface area (Å²) in [6.07, 6.45) is 0. The molecule has 0 saturated carbocycles. The van der Waals surface area contributed by atoms with Crippen molar-refractivity contribution in [1.29, 1.82) is 0 Å². The van der Waals surface area contributed by atoms with Gasteiger partial charge in [0.15, 0.2) is 0 Å². The maximum atomic E-state index is 12.1. The summed E-state index contributed by atoms with van der Waals surface area (Å²) in [5, 5.41) is 6.79. The first-order chi connectivity index (χ1) is 10.5. The fraction of sp³-hybridized carbons (Fsp3) is 0.278. The molecule has 0 bridgehead atoms. The van der Waals surface area contributed by atoms with Gasteiger partial charge in [0.1, 0.15) is 0 Å². The standard InChI is InChI=1S/C18H21ClN2O/c1-12-7-4-5-8-15(12)14(3)20-11-18(22)21-17-10-6-9-16(19)13(17)2/h4-10,14,20H,11H2,1-3H3,(H,21,22). The van der Waals surface area contributed by atoms with Crippen molar-refractivity contribution in [3.63, 3.8) is 0 Å². The highest BCUT2D eigenvalue weighted by atomic mass is 35.5. The molecule has 0 fully saturated rings. The fourth-order valence-electron chi connectivity index (χ4n) is 2.37. The largest absolute Gasteiger partial charge is 0.325 e. The van der Waals surface area contributed by atoms with Crippen LogP contribution >= 0.6 is 11.6 Å². The van der Waals surface area contributed by atoms with E-state index in [4.69, 9.17) is 11.6 Å². The van der Waals surface area contributed by atoms with Crippen molar-refractivity contribution in [1.82, 2.24) is 5.32 Å². The van der Waals surface area contributed by atoms with E-state index in [0.29, 0.717) is 5.02 Å². The number of rotatable bonds is 5. The molecule has 1 unspecified atom stereocenters. The van der Waals surface area contributed by atoms with E-state index in [0.717, 1.165) is 11.3 Å². The number of benzene rings is 2. The van der Waals surface area contributed by atoms with E-state index >= 15 is 0 Å². The van der Waals surface area contributed by atoms with Gasteiger partial charge in [0.05, 0.1) is 6.54 Å². The molecule has 0 aromatic heterocycles. The maximum Gasteiger partial charge on any atom is 0.238 e. The molecule has 116 valence electrons. The monoisotopic (exact) mass is 316 g/mol. The zero-order valence-electron chi connectivity index (χ0n) is 13.1. The summed E-state index contributed by atoms with van der Waals surface area (Å²) in [5.74, 6) is -0.0780. The molecular weight excluding hydrogens is 296 g/mol. The second-order valence-corrected chi connectivity index (χ2v) is 5.83.